The fourth-order valence-corrected chi connectivity index (χ4v) is 3.65. The summed E-state index contributed by atoms with van der Waals surface area (Å²) in [6.07, 6.45) is 5.59. The summed E-state index contributed by atoms with van der Waals surface area (Å²) < 4.78 is 5.68. The SMILES string of the molecule is O=C(O)CCCCc1ccc(OC(=O)CCCCc2ccccc2)c2ccccc12. The molecule has 0 atom stereocenters. The first-order chi connectivity index (χ1) is 14.6. The van der Waals surface area contributed by atoms with Gasteiger partial charge in [0.15, 0.2) is 0 Å². The van der Waals surface area contributed by atoms with Crippen molar-refractivity contribution in [2.75, 3.05) is 0 Å². The molecule has 0 aliphatic carbocycles. The third-order valence-electron chi connectivity index (χ3n) is 5.22. The van der Waals surface area contributed by atoms with Crippen LogP contribution in [-0.2, 0) is 22.4 Å². The zero-order chi connectivity index (χ0) is 21.2. The second kappa shape index (κ2) is 11.1. The van der Waals surface area contributed by atoms with Gasteiger partial charge in [-0.3, -0.25) is 9.59 Å². The van der Waals surface area contributed by atoms with Crippen LogP contribution < -0.4 is 4.74 Å². The molecule has 0 spiro atoms. The molecule has 4 nitrogen and oxygen atoms in total. The van der Waals surface area contributed by atoms with E-state index in [9.17, 15) is 9.59 Å². The quantitative estimate of drug-likeness (QED) is 0.243. The van der Waals surface area contributed by atoms with Gasteiger partial charge in [0.2, 0.25) is 0 Å². The molecule has 0 aliphatic heterocycles. The number of aliphatic carboxylic acids is 1. The molecule has 3 aromatic carbocycles. The van der Waals surface area contributed by atoms with Crippen molar-refractivity contribution in [3.63, 3.8) is 0 Å². The van der Waals surface area contributed by atoms with Crippen LogP contribution in [0.15, 0.2) is 66.7 Å². The topological polar surface area (TPSA) is 63.6 Å². The van der Waals surface area contributed by atoms with Crippen LogP contribution in [0.5, 0.6) is 5.75 Å². The van der Waals surface area contributed by atoms with E-state index in [2.05, 4.69) is 12.1 Å². The second-order valence-corrected chi connectivity index (χ2v) is 7.54. The smallest absolute Gasteiger partial charge is 0.311 e. The van der Waals surface area contributed by atoms with Crippen molar-refractivity contribution >= 4 is 22.7 Å². The van der Waals surface area contributed by atoms with E-state index in [1.165, 1.54) is 5.56 Å². The fraction of sp³-hybridized carbons (Fsp3) is 0.308. The molecular weight excluding hydrogens is 376 g/mol. The van der Waals surface area contributed by atoms with Gasteiger partial charge >= 0.3 is 11.9 Å². The van der Waals surface area contributed by atoms with Gasteiger partial charge in [-0.05, 0) is 61.1 Å². The van der Waals surface area contributed by atoms with Crippen LogP contribution in [0.4, 0.5) is 0 Å². The highest BCUT2D eigenvalue weighted by Gasteiger charge is 2.11. The minimum Gasteiger partial charge on any atom is -0.481 e. The fourth-order valence-electron chi connectivity index (χ4n) is 3.65. The van der Waals surface area contributed by atoms with Gasteiger partial charge in [-0.25, -0.2) is 0 Å². The molecule has 1 N–H and O–H groups in total. The van der Waals surface area contributed by atoms with E-state index in [-0.39, 0.29) is 12.4 Å². The number of aryl methyl sites for hydroxylation is 2. The van der Waals surface area contributed by atoms with Crippen LogP contribution in [0, 0.1) is 0 Å². The van der Waals surface area contributed by atoms with E-state index in [0.717, 1.165) is 48.4 Å². The number of carbonyl (C=O) groups is 2. The molecule has 0 aliphatic rings. The molecule has 30 heavy (non-hydrogen) atoms. The second-order valence-electron chi connectivity index (χ2n) is 7.54. The van der Waals surface area contributed by atoms with E-state index >= 15 is 0 Å². The number of ether oxygens (including phenoxy) is 1. The third kappa shape index (κ3) is 6.45. The average Bonchev–Trinajstić information content (AvgIpc) is 2.76. The molecule has 156 valence electrons. The molecule has 0 amide bonds. The number of carboxylic acid groups (broad SMARTS) is 1. The molecule has 0 bridgehead atoms. The maximum Gasteiger partial charge on any atom is 0.311 e. The Morgan fingerprint density at radius 3 is 2.13 bits per heavy atom. The Kier molecular flexibility index (Phi) is 8.02. The molecule has 3 aromatic rings. The van der Waals surface area contributed by atoms with E-state index in [0.29, 0.717) is 18.6 Å². The number of fused-ring (bicyclic) bond motifs is 1. The highest BCUT2D eigenvalue weighted by atomic mass is 16.5. The molecular formula is C26H28O4. The van der Waals surface area contributed by atoms with Gasteiger partial charge in [-0.1, -0.05) is 60.7 Å². The normalized spacial score (nSPS) is 10.8. The van der Waals surface area contributed by atoms with Gasteiger partial charge in [0, 0.05) is 18.2 Å². The van der Waals surface area contributed by atoms with Crippen molar-refractivity contribution in [1.82, 2.24) is 0 Å². The lowest BCUT2D eigenvalue weighted by Gasteiger charge is -2.12. The van der Waals surface area contributed by atoms with Crippen LogP contribution >= 0.6 is 0 Å². The molecule has 0 heterocycles. The van der Waals surface area contributed by atoms with Crippen molar-refractivity contribution in [3.05, 3.63) is 77.9 Å². The first-order valence-corrected chi connectivity index (χ1v) is 10.6. The predicted octanol–water partition coefficient (Wildman–Crippen LogP) is 5.96. The summed E-state index contributed by atoms with van der Waals surface area (Å²) in [7, 11) is 0. The summed E-state index contributed by atoms with van der Waals surface area (Å²) in [5.74, 6) is -0.374. The molecule has 0 saturated heterocycles. The lowest BCUT2D eigenvalue weighted by molar-refractivity contribution is -0.137. The molecule has 0 fully saturated rings. The van der Waals surface area contributed by atoms with Crippen LogP contribution in [0.3, 0.4) is 0 Å². The summed E-state index contributed by atoms with van der Waals surface area (Å²) in [6.45, 7) is 0. The Morgan fingerprint density at radius 2 is 1.37 bits per heavy atom. The van der Waals surface area contributed by atoms with Gasteiger partial charge in [0.25, 0.3) is 0 Å². The molecule has 4 heteroatoms. The maximum atomic E-state index is 12.3. The van der Waals surface area contributed by atoms with Gasteiger partial charge in [-0.15, -0.1) is 0 Å². The minimum absolute atomic E-state index is 0.192. The summed E-state index contributed by atoms with van der Waals surface area (Å²) in [5, 5.41) is 10.8. The lowest BCUT2D eigenvalue weighted by atomic mass is 9.99. The van der Waals surface area contributed by atoms with Crippen LogP contribution in [-0.4, -0.2) is 17.0 Å². The van der Waals surface area contributed by atoms with Gasteiger partial charge in [0.05, 0.1) is 0 Å². The highest BCUT2D eigenvalue weighted by Crippen LogP contribution is 2.30. The molecule has 0 saturated carbocycles. The number of benzene rings is 3. The van der Waals surface area contributed by atoms with Crippen LogP contribution in [0.2, 0.25) is 0 Å². The zero-order valence-electron chi connectivity index (χ0n) is 17.2. The highest BCUT2D eigenvalue weighted by molar-refractivity contribution is 5.92. The van der Waals surface area contributed by atoms with Gasteiger partial charge in [0.1, 0.15) is 5.75 Å². The Morgan fingerprint density at radius 1 is 0.700 bits per heavy atom. The number of unbranched alkanes of at least 4 members (excludes halogenated alkanes) is 2. The first-order valence-electron chi connectivity index (χ1n) is 10.6. The van der Waals surface area contributed by atoms with Crippen molar-refractivity contribution < 1.29 is 19.4 Å². The lowest BCUT2D eigenvalue weighted by Crippen LogP contribution is -2.08. The van der Waals surface area contributed by atoms with Gasteiger partial charge < -0.3 is 9.84 Å². The number of rotatable bonds is 11. The maximum absolute atomic E-state index is 12.3. The van der Waals surface area contributed by atoms with E-state index < -0.39 is 5.97 Å². The molecule has 3 rings (SSSR count). The number of carboxylic acids is 1. The molecule has 0 unspecified atom stereocenters. The molecule has 0 aromatic heterocycles. The standard InChI is InChI=1S/C26H28O4/c27-25(28)16-8-5-13-21-18-19-24(23-15-7-6-14-22(21)23)30-26(29)17-9-4-12-20-10-2-1-3-11-20/h1-3,6-7,10-11,14-15,18-19H,4-5,8-9,12-13,16-17H2,(H,27,28). The van der Waals surface area contributed by atoms with E-state index in [4.69, 9.17) is 9.84 Å². The largest absolute Gasteiger partial charge is 0.481 e. The van der Waals surface area contributed by atoms with E-state index in [1.54, 1.807) is 0 Å². The number of carbonyl (C=O) groups excluding carboxylic acids is 1. The Bertz CT molecular complexity index is 979. The number of hydrogen-bond donors (Lipinski definition) is 1. The van der Waals surface area contributed by atoms with Gasteiger partial charge in [-0.2, -0.15) is 0 Å². The van der Waals surface area contributed by atoms with Crippen LogP contribution in [0.25, 0.3) is 10.8 Å². The summed E-state index contributed by atoms with van der Waals surface area (Å²) in [6, 6.07) is 22.0. The average molecular weight is 405 g/mol. The first kappa shape index (κ1) is 21.6. The summed E-state index contributed by atoms with van der Waals surface area (Å²) in [4.78, 5) is 23.0. The van der Waals surface area contributed by atoms with Crippen molar-refractivity contribution in [2.24, 2.45) is 0 Å². The third-order valence-corrected chi connectivity index (χ3v) is 5.22. The summed E-state index contributed by atoms with van der Waals surface area (Å²) >= 11 is 0. The number of esters is 1. The minimum atomic E-state index is -0.758. The number of hydrogen-bond acceptors (Lipinski definition) is 3. The van der Waals surface area contributed by atoms with E-state index in [1.807, 2.05) is 54.6 Å². The Labute approximate surface area is 177 Å². The van der Waals surface area contributed by atoms with Crippen LogP contribution in [0.1, 0.15) is 49.7 Å². The van der Waals surface area contributed by atoms with Crippen molar-refractivity contribution in [2.45, 2.75) is 51.4 Å². The van der Waals surface area contributed by atoms with Crippen molar-refractivity contribution in [3.8, 4) is 5.75 Å². The Hall–Kier alpha value is -3.14. The predicted molar refractivity (Wildman–Crippen MR) is 119 cm³/mol. The Balaban J connectivity index is 1.55. The molecule has 0 radical (unpaired) electrons. The monoisotopic (exact) mass is 404 g/mol. The van der Waals surface area contributed by atoms with Crippen molar-refractivity contribution in [1.29, 1.82) is 0 Å². The zero-order valence-corrected chi connectivity index (χ0v) is 17.2. The summed E-state index contributed by atoms with van der Waals surface area (Å²) in [5.41, 5.74) is 2.44.